The zero-order valence-corrected chi connectivity index (χ0v) is 18.4. The number of methoxy groups -OCH3 is 1. The Morgan fingerprint density at radius 2 is 1.58 bits per heavy atom. The van der Waals surface area contributed by atoms with Crippen molar-refractivity contribution in [1.29, 1.82) is 0 Å². The van der Waals surface area contributed by atoms with Gasteiger partial charge in [0.05, 0.1) is 25.4 Å². The molecule has 3 aromatic rings. The van der Waals surface area contributed by atoms with E-state index in [0.717, 1.165) is 18.6 Å². The second-order valence-corrected chi connectivity index (χ2v) is 7.31. The van der Waals surface area contributed by atoms with Crippen molar-refractivity contribution in [3.63, 3.8) is 0 Å². The highest BCUT2D eigenvalue weighted by molar-refractivity contribution is 5.88. The number of phenolic OH excluding ortho intramolecular Hbond substituents is 1. The number of aromatic hydroxyl groups is 1. The minimum absolute atomic E-state index is 0.00185. The van der Waals surface area contributed by atoms with Gasteiger partial charge in [0.25, 0.3) is 5.95 Å². The number of hydrogen-bond donors (Lipinski definition) is 1. The third-order valence-electron chi connectivity index (χ3n) is 4.95. The molecule has 31 heavy (non-hydrogen) atoms. The summed E-state index contributed by atoms with van der Waals surface area (Å²) in [6.45, 7) is 7.92. The van der Waals surface area contributed by atoms with Crippen LogP contribution in [-0.4, -0.2) is 24.4 Å². The normalized spacial score (nSPS) is 12.9. The van der Waals surface area contributed by atoms with Crippen LogP contribution >= 0.6 is 0 Å². The van der Waals surface area contributed by atoms with Crippen LogP contribution in [0.2, 0.25) is 0 Å². The van der Waals surface area contributed by atoms with Crippen LogP contribution in [0, 0.1) is 0 Å². The molecule has 1 heterocycles. The lowest BCUT2D eigenvalue weighted by molar-refractivity contribution is 0.205. The quantitative estimate of drug-likeness (QED) is 0.471. The van der Waals surface area contributed by atoms with Gasteiger partial charge in [-0.05, 0) is 51.0 Å². The van der Waals surface area contributed by atoms with E-state index < -0.39 is 5.43 Å². The zero-order valence-electron chi connectivity index (χ0n) is 18.4. The van der Waals surface area contributed by atoms with E-state index in [1.165, 1.54) is 19.2 Å². The summed E-state index contributed by atoms with van der Waals surface area (Å²) in [7, 11) is 1.40. The van der Waals surface area contributed by atoms with E-state index in [4.69, 9.17) is 23.4 Å². The van der Waals surface area contributed by atoms with Crippen LogP contribution in [0.15, 0.2) is 45.6 Å². The molecule has 2 aromatic carbocycles. The molecule has 0 saturated heterocycles. The van der Waals surface area contributed by atoms with E-state index in [1.54, 1.807) is 24.3 Å². The molecule has 1 aromatic heterocycles. The Hall–Kier alpha value is -3.35. The van der Waals surface area contributed by atoms with Crippen molar-refractivity contribution in [2.75, 3.05) is 7.11 Å². The molecule has 7 heteroatoms. The predicted molar refractivity (Wildman–Crippen MR) is 118 cm³/mol. The molecule has 0 aliphatic carbocycles. The maximum absolute atomic E-state index is 12.7. The second-order valence-electron chi connectivity index (χ2n) is 7.31. The standard InChI is InChI=1S/C24H28O7/c1-6-14(3)28-16-8-10-17(11-9-16)30-21-12-18(25)22-19(31-21)13-20(29-15(4)7-2)24(27-5)23(22)26/h8-15,26H,6-7H2,1-5H3. The van der Waals surface area contributed by atoms with Crippen LogP contribution in [0.5, 0.6) is 34.7 Å². The summed E-state index contributed by atoms with van der Waals surface area (Å²) in [4.78, 5) is 12.7. The smallest absolute Gasteiger partial charge is 0.294 e. The van der Waals surface area contributed by atoms with E-state index in [9.17, 15) is 9.90 Å². The highest BCUT2D eigenvalue weighted by atomic mass is 16.6. The molecule has 0 bridgehead atoms. The lowest BCUT2D eigenvalue weighted by Gasteiger charge is -2.17. The largest absolute Gasteiger partial charge is 0.504 e. The average molecular weight is 428 g/mol. The summed E-state index contributed by atoms with van der Waals surface area (Å²) in [6.07, 6.45) is 1.65. The van der Waals surface area contributed by atoms with Gasteiger partial charge < -0.3 is 28.5 Å². The van der Waals surface area contributed by atoms with Crippen molar-refractivity contribution in [1.82, 2.24) is 0 Å². The van der Waals surface area contributed by atoms with Crippen molar-refractivity contribution in [2.24, 2.45) is 0 Å². The first-order valence-corrected chi connectivity index (χ1v) is 10.3. The fraction of sp³-hybridized carbons (Fsp3) is 0.375. The molecule has 1 N–H and O–H groups in total. The molecular weight excluding hydrogens is 400 g/mol. The van der Waals surface area contributed by atoms with Gasteiger partial charge in [0.2, 0.25) is 11.2 Å². The lowest BCUT2D eigenvalue weighted by Crippen LogP contribution is -2.11. The average Bonchev–Trinajstić information content (AvgIpc) is 2.74. The molecule has 0 saturated carbocycles. The first-order valence-electron chi connectivity index (χ1n) is 10.3. The topological polar surface area (TPSA) is 87.4 Å². The monoisotopic (exact) mass is 428 g/mol. The fourth-order valence-electron chi connectivity index (χ4n) is 2.89. The van der Waals surface area contributed by atoms with Gasteiger partial charge in [-0.2, -0.15) is 0 Å². The Balaban J connectivity index is 1.94. The summed E-state index contributed by atoms with van der Waals surface area (Å²) in [5, 5.41) is 10.6. The van der Waals surface area contributed by atoms with E-state index in [-0.39, 0.29) is 46.4 Å². The third-order valence-corrected chi connectivity index (χ3v) is 4.95. The zero-order chi connectivity index (χ0) is 22.5. The molecule has 2 atom stereocenters. The van der Waals surface area contributed by atoms with E-state index in [0.29, 0.717) is 5.75 Å². The van der Waals surface area contributed by atoms with Gasteiger partial charge in [-0.25, -0.2) is 0 Å². The number of hydrogen-bond acceptors (Lipinski definition) is 7. The number of ether oxygens (including phenoxy) is 4. The van der Waals surface area contributed by atoms with Gasteiger partial charge in [0.15, 0.2) is 11.5 Å². The van der Waals surface area contributed by atoms with E-state index >= 15 is 0 Å². The van der Waals surface area contributed by atoms with Crippen LogP contribution in [0.25, 0.3) is 11.0 Å². The van der Waals surface area contributed by atoms with Crippen molar-refractivity contribution in [3.05, 3.63) is 46.6 Å². The third kappa shape index (κ3) is 5.05. The Bertz CT molecular complexity index is 1090. The Morgan fingerprint density at radius 3 is 2.19 bits per heavy atom. The van der Waals surface area contributed by atoms with Gasteiger partial charge >= 0.3 is 0 Å². The number of fused-ring (bicyclic) bond motifs is 1. The Labute approximate surface area is 181 Å². The van der Waals surface area contributed by atoms with Crippen LogP contribution in [0.1, 0.15) is 40.5 Å². The molecule has 7 nitrogen and oxygen atoms in total. The van der Waals surface area contributed by atoms with E-state index in [2.05, 4.69) is 6.92 Å². The summed E-state index contributed by atoms with van der Waals surface area (Å²) in [6, 6.07) is 9.73. The Morgan fingerprint density at radius 1 is 0.968 bits per heavy atom. The fourth-order valence-corrected chi connectivity index (χ4v) is 2.89. The highest BCUT2D eigenvalue weighted by Crippen LogP contribution is 2.43. The van der Waals surface area contributed by atoms with Crippen molar-refractivity contribution < 1.29 is 28.5 Å². The molecule has 166 valence electrons. The summed E-state index contributed by atoms with van der Waals surface area (Å²) >= 11 is 0. The Kier molecular flexibility index (Phi) is 6.95. The molecule has 0 spiro atoms. The van der Waals surface area contributed by atoms with Crippen LogP contribution in [0.3, 0.4) is 0 Å². The first kappa shape index (κ1) is 22.3. The summed E-state index contributed by atoms with van der Waals surface area (Å²) in [5.41, 5.74) is -0.324. The maximum atomic E-state index is 12.7. The van der Waals surface area contributed by atoms with Crippen LogP contribution < -0.4 is 24.4 Å². The van der Waals surface area contributed by atoms with Crippen LogP contribution in [-0.2, 0) is 0 Å². The lowest BCUT2D eigenvalue weighted by atomic mass is 10.1. The van der Waals surface area contributed by atoms with Gasteiger partial charge in [0.1, 0.15) is 22.5 Å². The van der Waals surface area contributed by atoms with Gasteiger partial charge in [-0.15, -0.1) is 0 Å². The predicted octanol–water partition coefficient (Wildman–Crippen LogP) is 5.65. The maximum Gasteiger partial charge on any atom is 0.294 e. The molecule has 0 aliphatic heterocycles. The molecule has 3 rings (SSSR count). The molecule has 0 aliphatic rings. The first-order chi connectivity index (χ1) is 14.9. The van der Waals surface area contributed by atoms with Crippen molar-refractivity contribution in [3.8, 4) is 34.7 Å². The minimum atomic E-state index is -0.459. The van der Waals surface area contributed by atoms with Crippen molar-refractivity contribution >= 4 is 11.0 Å². The molecule has 2 unspecified atom stereocenters. The number of benzene rings is 2. The SMILES string of the molecule is CCC(C)Oc1ccc(Oc2cc(=O)c3c(O)c(OC)c(OC(C)CC)cc3o2)cc1. The number of phenols is 1. The highest BCUT2D eigenvalue weighted by Gasteiger charge is 2.21. The molecular formula is C24H28O7. The van der Waals surface area contributed by atoms with E-state index in [1.807, 2.05) is 20.8 Å². The minimum Gasteiger partial charge on any atom is -0.504 e. The molecule has 0 amide bonds. The van der Waals surface area contributed by atoms with Gasteiger partial charge in [0, 0.05) is 6.07 Å². The van der Waals surface area contributed by atoms with Crippen molar-refractivity contribution in [2.45, 2.75) is 52.7 Å². The second kappa shape index (κ2) is 9.64. The number of rotatable bonds is 9. The summed E-state index contributed by atoms with van der Waals surface area (Å²) in [5.74, 6) is 1.25. The molecule has 0 radical (unpaired) electrons. The summed E-state index contributed by atoms with van der Waals surface area (Å²) < 4.78 is 28.3. The van der Waals surface area contributed by atoms with Crippen LogP contribution in [0.4, 0.5) is 0 Å². The molecule has 0 fully saturated rings. The van der Waals surface area contributed by atoms with Gasteiger partial charge in [-0.3, -0.25) is 4.79 Å². The van der Waals surface area contributed by atoms with Gasteiger partial charge in [-0.1, -0.05) is 13.8 Å².